The summed E-state index contributed by atoms with van der Waals surface area (Å²) in [5, 5.41) is 35.2. The van der Waals surface area contributed by atoms with Crippen LogP contribution in [0.5, 0.6) is 0 Å². The second kappa shape index (κ2) is 8.18. The number of nitrogen functional groups attached to an aromatic ring is 1. The smallest absolute Gasteiger partial charge is 0.309 e. The van der Waals surface area contributed by atoms with Crippen LogP contribution >= 0.6 is 0 Å². The third-order valence-corrected chi connectivity index (χ3v) is 6.06. The molecule has 0 bridgehead atoms. The summed E-state index contributed by atoms with van der Waals surface area (Å²) in [4.78, 5) is 16.3. The van der Waals surface area contributed by atoms with Crippen molar-refractivity contribution in [3.8, 4) is 6.07 Å². The van der Waals surface area contributed by atoms with Crippen molar-refractivity contribution in [2.45, 2.75) is 62.4 Å². The number of hydrogen-bond acceptors (Lipinski definition) is 9. The second-order valence-corrected chi connectivity index (χ2v) is 7.92. The summed E-state index contributed by atoms with van der Waals surface area (Å²) < 4.78 is 12.6. The van der Waals surface area contributed by atoms with Crippen LogP contribution in [0.3, 0.4) is 0 Å². The number of nitrogens with zero attached hydrogens (tertiary/aromatic N) is 4. The van der Waals surface area contributed by atoms with Gasteiger partial charge >= 0.3 is 5.97 Å². The average Bonchev–Trinajstić information content (AvgIpc) is 3.14. The van der Waals surface area contributed by atoms with Gasteiger partial charge in [0.1, 0.15) is 42.8 Å². The highest BCUT2D eigenvalue weighted by molar-refractivity contribution is 5.72. The maximum atomic E-state index is 12.4. The molecule has 10 nitrogen and oxygen atoms in total. The Hall–Kier alpha value is -2.74. The molecule has 1 saturated carbocycles. The Kier molecular flexibility index (Phi) is 5.60. The Bertz CT molecular complexity index is 964. The molecule has 0 unspecified atom stereocenters. The van der Waals surface area contributed by atoms with Crippen LogP contribution in [-0.4, -0.2) is 55.7 Å². The molecular weight excluding hydrogens is 390 g/mol. The quantitative estimate of drug-likeness (QED) is 0.482. The van der Waals surface area contributed by atoms with Crippen LogP contribution < -0.4 is 5.73 Å². The number of carbonyl (C=O) groups is 1. The van der Waals surface area contributed by atoms with Gasteiger partial charge in [-0.25, -0.2) is 9.50 Å². The molecule has 3 heterocycles. The molecule has 0 radical (unpaired) electrons. The van der Waals surface area contributed by atoms with E-state index in [4.69, 9.17) is 15.2 Å². The molecule has 30 heavy (non-hydrogen) atoms. The minimum Gasteiger partial charge on any atom is -0.463 e. The van der Waals surface area contributed by atoms with E-state index in [1.807, 2.05) is 6.07 Å². The van der Waals surface area contributed by atoms with Gasteiger partial charge in [0.15, 0.2) is 5.82 Å². The molecular formula is C20H25N5O5. The van der Waals surface area contributed by atoms with Gasteiger partial charge in [0.2, 0.25) is 5.60 Å². The van der Waals surface area contributed by atoms with Gasteiger partial charge in [-0.15, -0.1) is 0 Å². The number of ether oxygens (including phenoxy) is 2. The average molecular weight is 415 g/mol. The van der Waals surface area contributed by atoms with Crippen molar-refractivity contribution in [1.29, 1.82) is 5.26 Å². The second-order valence-electron chi connectivity index (χ2n) is 7.92. The lowest BCUT2D eigenvalue weighted by Gasteiger charge is -2.24. The van der Waals surface area contributed by atoms with Crippen molar-refractivity contribution in [3.05, 3.63) is 24.2 Å². The van der Waals surface area contributed by atoms with Crippen LogP contribution in [0.25, 0.3) is 5.52 Å². The molecule has 1 saturated heterocycles. The van der Waals surface area contributed by atoms with E-state index < -0.39 is 23.9 Å². The zero-order chi connectivity index (χ0) is 21.3. The molecule has 0 aromatic carbocycles. The third kappa shape index (κ3) is 3.39. The van der Waals surface area contributed by atoms with Gasteiger partial charge in [-0.1, -0.05) is 25.7 Å². The molecule has 160 valence electrons. The number of nitrogens with two attached hydrogens (primary N) is 1. The third-order valence-electron chi connectivity index (χ3n) is 6.06. The molecule has 2 fully saturated rings. The Morgan fingerprint density at radius 1 is 1.33 bits per heavy atom. The summed E-state index contributed by atoms with van der Waals surface area (Å²) in [7, 11) is 0. The summed E-state index contributed by atoms with van der Waals surface area (Å²) in [6.45, 7) is -0.253. The zero-order valence-electron chi connectivity index (χ0n) is 16.5. The van der Waals surface area contributed by atoms with Crippen LogP contribution in [0.2, 0.25) is 0 Å². The van der Waals surface area contributed by atoms with E-state index in [2.05, 4.69) is 10.1 Å². The number of carbonyl (C=O) groups excluding carboxylic acids is 1. The highest BCUT2D eigenvalue weighted by atomic mass is 16.6. The molecule has 1 aliphatic carbocycles. The van der Waals surface area contributed by atoms with Crippen LogP contribution in [0, 0.1) is 17.2 Å². The topological polar surface area (TPSA) is 156 Å². The largest absolute Gasteiger partial charge is 0.463 e. The molecule has 4 N–H and O–H groups in total. The number of nitriles is 1. The van der Waals surface area contributed by atoms with E-state index in [-0.39, 0.29) is 30.0 Å². The minimum absolute atomic E-state index is 0.161. The fraction of sp³-hybridized carbons (Fsp3) is 0.600. The highest BCUT2D eigenvalue weighted by Crippen LogP contribution is 2.40. The zero-order valence-corrected chi connectivity index (χ0v) is 16.5. The SMILES string of the molecule is N#C[C@@]1(c2ccc3c(N)ncnn23)O[C@H](COC(=O)C2CCCCCC2)[C@@H](O)[C@H]1O. The number of fused-ring (bicyclic) bond motifs is 1. The fourth-order valence-corrected chi connectivity index (χ4v) is 4.35. The normalized spacial score (nSPS) is 30.1. The monoisotopic (exact) mass is 415 g/mol. The molecule has 0 spiro atoms. The van der Waals surface area contributed by atoms with E-state index in [0.717, 1.165) is 38.5 Å². The van der Waals surface area contributed by atoms with Crippen molar-refractivity contribution in [2.75, 3.05) is 12.3 Å². The summed E-state index contributed by atoms with van der Waals surface area (Å²) in [6.07, 6.45) is 2.96. The van der Waals surface area contributed by atoms with Gasteiger partial charge < -0.3 is 25.4 Å². The Morgan fingerprint density at radius 2 is 2.07 bits per heavy atom. The highest BCUT2D eigenvalue weighted by Gasteiger charge is 2.57. The molecule has 0 amide bonds. The number of aliphatic hydroxyl groups excluding tert-OH is 2. The standard InChI is InChI=1S/C20H25N5O5/c21-10-20(15-8-7-13-18(22)23-11-24-25(13)15)17(27)16(26)14(30-20)9-29-19(28)12-5-3-1-2-4-6-12/h7-8,11-12,14,16-17,26-27H,1-6,9H2,(H2,22,23,24)/t14-,16-,17-,20+/m1/s1. The number of rotatable bonds is 4. The van der Waals surface area contributed by atoms with Gasteiger partial charge in [0, 0.05) is 0 Å². The summed E-state index contributed by atoms with van der Waals surface area (Å²) in [5.41, 5.74) is 4.59. The lowest BCUT2D eigenvalue weighted by molar-refractivity contribution is -0.155. The van der Waals surface area contributed by atoms with Crippen molar-refractivity contribution in [1.82, 2.24) is 14.6 Å². The summed E-state index contributed by atoms with van der Waals surface area (Å²) in [6, 6.07) is 5.11. The van der Waals surface area contributed by atoms with Crippen LogP contribution in [0.1, 0.15) is 44.2 Å². The molecule has 2 aromatic heterocycles. The predicted octanol–water partition coefficient (Wildman–Crippen LogP) is 0.665. The summed E-state index contributed by atoms with van der Waals surface area (Å²) in [5.74, 6) is -0.289. The molecule has 4 atom stereocenters. The molecule has 2 aliphatic rings. The Labute approximate surface area is 173 Å². The number of hydrogen-bond donors (Lipinski definition) is 3. The van der Waals surface area contributed by atoms with E-state index in [0.29, 0.717) is 5.52 Å². The number of aliphatic hydroxyl groups is 2. The molecule has 4 rings (SSSR count). The fourth-order valence-electron chi connectivity index (χ4n) is 4.35. The molecule has 2 aromatic rings. The number of esters is 1. The van der Waals surface area contributed by atoms with Crippen LogP contribution in [-0.2, 0) is 19.9 Å². The van der Waals surface area contributed by atoms with E-state index in [1.54, 1.807) is 12.1 Å². The van der Waals surface area contributed by atoms with Gasteiger partial charge in [-0.05, 0) is 25.0 Å². The number of aromatic nitrogens is 3. The van der Waals surface area contributed by atoms with E-state index in [9.17, 15) is 20.3 Å². The van der Waals surface area contributed by atoms with Crippen LogP contribution in [0.15, 0.2) is 18.5 Å². The van der Waals surface area contributed by atoms with Crippen molar-refractivity contribution < 1.29 is 24.5 Å². The van der Waals surface area contributed by atoms with Crippen LogP contribution in [0.4, 0.5) is 5.82 Å². The van der Waals surface area contributed by atoms with Gasteiger partial charge in [0.05, 0.1) is 11.6 Å². The van der Waals surface area contributed by atoms with E-state index >= 15 is 0 Å². The Balaban J connectivity index is 1.53. The van der Waals surface area contributed by atoms with E-state index in [1.165, 1.54) is 10.8 Å². The summed E-state index contributed by atoms with van der Waals surface area (Å²) >= 11 is 0. The first-order valence-corrected chi connectivity index (χ1v) is 10.2. The maximum absolute atomic E-state index is 12.4. The lowest BCUT2D eigenvalue weighted by atomic mass is 9.92. The Morgan fingerprint density at radius 3 is 2.77 bits per heavy atom. The lowest BCUT2D eigenvalue weighted by Crippen LogP contribution is -2.41. The first kappa shape index (κ1) is 20.5. The maximum Gasteiger partial charge on any atom is 0.309 e. The van der Waals surface area contributed by atoms with Gasteiger partial charge in [-0.3, -0.25) is 4.79 Å². The number of anilines is 1. The van der Waals surface area contributed by atoms with Gasteiger partial charge in [0.25, 0.3) is 0 Å². The van der Waals surface area contributed by atoms with Crippen molar-refractivity contribution in [3.63, 3.8) is 0 Å². The molecule has 10 heteroatoms. The first-order valence-electron chi connectivity index (χ1n) is 10.2. The van der Waals surface area contributed by atoms with Gasteiger partial charge in [-0.2, -0.15) is 10.4 Å². The minimum atomic E-state index is -1.90. The van der Waals surface area contributed by atoms with Crippen molar-refractivity contribution >= 4 is 17.3 Å². The predicted molar refractivity (Wildman–Crippen MR) is 104 cm³/mol. The molecule has 1 aliphatic heterocycles. The van der Waals surface area contributed by atoms with Crippen molar-refractivity contribution in [2.24, 2.45) is 5.92 Å². The first-order chi connectivity index (χ1) is 14.5.